The summed E-state index contributed by atoms with van der Waals surface area (Å²) in [6, 6.07) is 0.480. The maximum atomic E-state index is 14.9. The maximum Gasteiger partial charge on any atom is 0.328 e. The van der Waals surface area contributed by atoms with Gasteiger partial charge in [-0.2, -0.15) is 21.9 Å². The molecule has 3 heterocycles. The summed E-state index contributed by atoms with van der Waals surface area (Å²) in [5, 5.41) is 3.58. The molecule has 0 aliphatic carbocycles. The van der Waals surface area contributed by atoms with Crippen molar-refractivity contribution in [2.45, 2.75) is 25.1 Å². The average molecular weight is 547 g/mol. The van der Waals surface area contributed by atoms with Crippen LogP contribution in [0.3, 0.4) is 0 Å². The number of benzene rings is 2. The topological polar surface area (TPSA) is 111 Å². The molecule has 0 bridgehead atoms. The number of nitrogens with one attached hydrogen (secondary N) is 2. The zero-order valence-electron chi connectivity index (χ0n) is 18.5. The third-order valence-electron chi connectivity index (χ3n) is 5.96. The first kappa shape index (κ1) is 25.0. The average Bonchev–Trinajstić information content (AvgIpc) is 3.41. The Morgan fingerprint density at radius 2 is 1.76 bits per heavy atom. The van der Waals surface area contributed by atoms with E-state index in [0.717, 1.165) is 29.9 Å². The molecule has 0 saturated carbocycles. The van der Waals surface area contributed by atoms with Gasteiger partial charge in [0.1, 0.15) is 40.7 Å². The van der Waals surface area contributed by atoms with E-state index in [4.69, 9.17) is 4.52 Å². The van der Waals surface area contributed by atoms with Crippen LogP contribution in [0.15, 0.2) is 39.8 Å². The number of hydrogen-bond donors (Lipinski definition) is 2. The number of fused-ring (bicyclic) bond motifs is 2. The second kappa shape index (κ2) is 8.46. The molecule has 2 aromatic heterocycles. The van der Waals surface area contributed by atoms with Gasteiger partial charge < -0.3 is 4.52 Å². The number of halogens is 6. The molecular formula is C21H15F6N5O4S. The van der Waals surface area contributed by atoms with Gasteiger partial charge in [-0.1, -0.05) is 5.16 Å². The number of aromatic nitrogens is 3. The summed E-state index contributed by atoms with van der Waals surface area (Å²) < 4.78 is 120. The highest BCUT2D eigenvalue weighted by Gasteiger charge is 2.52. The molecule has 0 unspecified atom stereocenters. The van der Waals surface area contributed by atoms with E-state index < -0.39 is 81.0 Å². The predicted octanol–water partition coefficient (Wildman–Crippen LogP) is 2.59. The summed E-state index contributed by atoms with van der Waals surface area (Å²) >= 11 is 0. The van der Waals surface area contributed by atoms with Crippen molar-refractivity contribution in [1.82, 2.24) is 23.7 Å². The lowest BCUT2D eigenvalue weighted by molar-refractivity contribution is -0.0250. The number of nitrogens with zero attached hydrogens (tertiary/aromatic N) is 3. The van der Waals surface area contributed by atoms with Crippen LogP contribution in [0.2, 0.25) is 0 Å². The molecule has 9 nitrogen and oxygen atoms in total. The van der Waals surface area contributed by atoms with E-state index >= 15 is 0 Å². The van der Waals surface area contributed by atoms with Gasteiger partial charge in [0.25, 0.3) is 10.2 Å². The number of alkyl halides is 2. The van der Waals surface area contributed by atoms with Crippen molar-refractivity contribution in [2.75, 3.05) is 7.05 Å². The Balaban J connectivity index is 1.58. The first-order valence-electron chi connectivity index (χ1n) is 10.4. The van der Waals surface area contributed by atoms with Crippen LogP contribution in [0.4, 0.5) is 26.3 Å². The van der Waals surface area contributed by atoms with E-state index in [-0.39, 0.29) is 16.7 Å². The largest absolute Gasteiger partial charge is 0.356 e. The molecule has 1 aliphatic rings. The van der Waals surface area contributed by atoms with E-state index in [1.807, 2.05) is 4.72 Å². The second-order valence-corrected chi connectivity index (χ2v) is 9.89. The Morgan fingerprint density at radius 3 is 2.38 bits per heavy atom. The lowest BCUT2D eigenvalue weighted by Crippen LogP contribution is -2.48. The second-order valence-electron chi connectivity index (χ2n) is 8.24. The molecule has 16 heteroatoms. The minimum absolute atomic E-state index is 0.129. The van der Waals surface area contributed by atoms with Crippen LogP contribution in [-0.4, -0.2) is 35.8 Å². The Morgan fingerprint density at radius 1 is 1.11 bits per heavy atom. The molecule has 2 aromatic carbocycles. The van der Waals surface area contributed by atoms with Crippen molar-refractivity contribution in [2.24, 2.45) is 0 Å². The van der Waals surface area contributed by atoms with Crippen LogP contribution in [-0.2, 0) is 29.2 Å². The molecule has 0 fully saturated rings. The van der Waals surface area contributed by atoms with Gasteiger partial charge in [-0.3, -0.25) is 9.13 Å². The van der Waals surface area contributed by atoms with Crippen LogP contribution in [0.5, 0.6) is 0 Å². The van der Waals surface area contributed by atoms with Gasteiger partial charge in [-0.05, 0) is 6.07 Å². The van der Waals surface area contributed by atoms with Crippen molar-refractivity contribution in [3.8, 4) is 11.1 Å². The van der Waals surface area contributed by atoms with E-state index in [2.05, 4.69) is 5.16 Å². The first-order chi connectivity index (χ1) is 17.3. The summed E-state index contributed by atoms with van der Waals surface area (Å²) in [5.41, 5.74) is -3.34. The molecule has 0 radical (unpaired) electrons. The highest BCUT2D eigenvalue weighted by atomic mass is 32.2. The summed E-state index contributed by atoms with van der Waals surface area (Å²) in [6.07, 6.45) is 0.790. The molecule has 4 aromatic rings. The molecule has 0 spiro atoms. The van der Waals surface area contributed by atoms with Crippen LogP contribution >= 0.6 is 0 Å². The quantitative estimate of drug-likeness (QED) is 0.361. The van der Waals surface area contributed by atoms with Gasteiger partial charge in [0, 0.05) is 37.0 Å². The van der Waals surface area contributed by atoms with Crippen molar-refractivity contribution in [1.29, 1.82) is 0 Å². The first-order valence-corrected chi connectivity index (χ1v) is 11.9. The van der Waals surface area contributed by atoms with E-state index in [1.54, 1.807) is 4.72 Å². The van der Waals surface area contributed by atoms with Gasteiger partial charge in [0.2, 0.25) is 0 Å². The Bertz CT molecular complexity index is 1710. The van der Waals surface area contributed by atoms with Crippen LogP contribution < -0.4 is 15.1 Å². The van der Waals surface area contributed by atoms with Gasteiger partial charge in [0.05, 0.1) is 24.0 Å². The van der Waals surface area contributed by atoms with E-state index in [1.165, 1.54) is 0 Å². The van der Waals surface area contributed by atoms with Crippen molar-refractivity contribution in [3.63, 3.8) is 0 Å². The van der Waals surface area contributed by atoms with Gasteiger partial charge in [-0.25, -0.2) is 27.1 Å². The third kappa shape index (κ3) is 4.10. The Kier molecular flexibility index (Phi) is 5.72. The Hall–Kier alpha value is -3.63. The monoisotopic (exact) mass is 547 g/mol. The zero-order valence-corrected chi connectivity index (χ0v) is 19.3. The molecule has 1 aliphatic heterocycles. The van der Waals surface area contributed by atoms with E-state index in [9.17, 15) is 39.6 Å². The lowest BCUT2D eigenvalue weighted by Gasteiger charge is -2.19. The number of imidazole rings is 1. The van der Waals surface area contributed by atoms with Crippen LogP contribution in [0, 0.1) is 23.3 Å². The fourth-order valence-corrected chi connectivity index (χ4v) is 5.00. The van der Waals surface area contributed by atoms with Gasteiger partial charge in [-0.15, -0.1) is 0 Å². The number of hydrogen-bond acceptors (Lipinski definition) is 5. The predicted molar refractivity (Wildman–Crippen MR) is 116 cm³/mol. The van der Waals surface area contributed by atoms with Crippen LogP contribution in [0.1, 0.15) is 11.4 Å². The molecular weight excluding hydrogens is 532 g/mol. The SMILES string of the molecule is CNS(=O)(=O)N[C@@H]1Cn2c(cn(Cc3noc4cc(F)cc(-c5c(F)cc(F)cc5F)c34)c2=O)C1(F)F. The highest BCUT2D eigenvalue weighted by Crippen LogP contribution is 2.39. The van der Waals surface area contributed by atoms with Crippen molar-refractivity contribution >= 4 is 21.2 Å². The summed E-state index contributed by atoms with van der Waals surface area (Å²) in [6.45, 7) is -1.21. The molecule has 0 saturated heterocycles. The van der Waals surface area contributed by atoms with Crippen molar-refractivity contribution < 1.29 is 39.3 Å². The van der Waals surface area contributed by atoms with Crippen LogP contribution in [0.25, 0.3) is 22.1 Å². The summed E-state index contributed by atoms with van der Waals surface area (Å²) in [7, 11) is -3.22. The molecule has 196 valence electrons. The fourth-order valence-electron chi connectivity index (χ4n) is 4.29. The smallest absolute Gasteiger partial charge is 0.328 e. The minimum atomic E-state index is -4.24. The molecule has 2 N–H and O–H groups in total. The summed E-state index contributed by atoms with van der Waals surface area (Å²) in [4.78, 5) is 12.9. The molecule has 1 atom stereocenters. The highest BCUT2D eigenvalue weighted by molar-refractivity contribution is 7.87. The molecule has 5 rings (SSSR count). The molecule has 37 heavy (non-hydrogen) atoms. The lowest BCUT2D eigenvalue weighted by atomic mass is 9.98. The normalized spacial score (nSPS) is 17.0. The fraction of sp³-hybridized carbons (Fsp3) is 0.238. The van der Waals surface area contributed by atoms with Gasteiger partial charge in [0.15, 0.2) is 5.58 Å². The minimum Gasteiger partial charge on any atom is -0.356 e. The standard InChI is InChI=1S/C21H15F6N5O4S/c1-28-37(34,35)30-16-7-32-17(21(16,26)27)8-31(20(32)33)6-14-19-11(2-9(22)5-15(19)36-29-14)18-12(24)3-10(23)4-13(18)25/h2-5,8,16,28,30H,6-7H2,1H3/t16-/m1/s1. The van der Waals surface area contributed by atoms with Gasteiger partial charge >= 0.3 is 11.6 Å². The van der Waals surface area contributed by atoms with Crippen molar-refractivity contribution in [3.05, 3.63) is 75.6 Å². The maximum absolute atomic E-state index is 14.9. The molecule has 0 amide bonds. The summed E-state index contributed by atoms with van der Waals surface area (Å²) in [5.74, 6) is -8.61. The van der Waals surface area contributed by atoms with E-state index in [0.29, 0.717) is 16.7 Å². The number of rotatable bonds is 6. The Labute approximate surface area is 203 Å². The zero-order chi connectivity index (χ0) is 26.9. The third-order valence-corrected chi connectivity index (χ3v) is 7.09.